The minimum absolute atomic E-state index is 0.0295. The molecule has 1 aromatic heterocycles. The molecule has 5 heteroatoms. The lowest BCUT2D eigenvalue weighted by Gasteiger charge is -2.33. The number of nitrogens with zero attached hydrogens (tertiary/aromatic N) is 2. The fourth-order valence-corrected chi connectivity index (χ4v) is 4.32. The van der Waals surface area contributed by atoms with Crippen LogP contribution in [-0.2, 0) is 24.3 Å². The van der Waals surface area contributed by atoms with E-state index in [0.29, 0.717) is 24.9 Å². The highest BCUT2D eigenvalue weighted by atomic mass is 32.1. The first-order valence-corrected chi connectivity index (χ1v) is 10.9. The minimum atomic E-state index is 0.0295. The van der Waals surface area contributed by atoms with Crippen LogP contribution in [0.3, 0.4) is 0 Å². The molecule has 0 spiro atoms. The van der Waals surface area contributed by atoms with Gasteiger partial charge in [0.15, 0.2) is 0 Å². The fourth-order valence-electron chi connectivity index (χ4n) is 3.49. The molecule has 1 aromatic carbocycles. The highest BCUT2D eigenvalue weighted by Crippen LogP contribution is 2.20. The third-order valence-corrected chi connectivity index (χ3v) is 6.44. The first-order valence-electron chi connectivity index (χ1n) is 10.0. The summed E-state index contributed by atoms with van der Waals surface area (Å²) in [5, 5.41) is 6.09. The summed E-state index contributed by atoms with van der Waals surface area (Å²) in [7, 11) is 0. The van der Waals surface area contributed by atoms with E-state index in [2.05, 4.69) is 60.2 Å². The molecule has 1 atom stereocenters. The smallest absolute Gasteiger partial charge is 0.226 e. The Morgan fingerprint density at radius 3 is 2.67 bits per heavy atom. The first kappa shape index (κ1) is 20.0. The molecule has 3 rings (SSSR count). The van der Waals surface area contributed by atoms with E-state index in [-0.39, 0.29) is 5.91 Å². The number of amides is 1. The number of hydrogen-bond acceptors (Lipinski definition) is 4. The van der Waals surface area contributed by atoms with E-state index in [4.69, 9.17) is 0 Å². The second-order valence-electron chi connectivity index (χ2n) is 7.92. The highest BCUT2D eigenvalue weighted by molar-refractivity contribution is 7.09. The normalized spacial score (nSPS) is 18.0. The van der Waals surface area contributed by atoms with E-state index >= 15 is 0 Å². The van der Waals surface area contributed by atoms with E-state index in [9.17, 15) is 4.79 Å². The molecule has 0 aliphatic carbocycles. The fraction of sp³-hybridized carbons (Fsp3) is 0.545. The van der Waals surface area contributed by atoms with Crippen LogP contribution in [0.1, 0.15) is 67.8 Å². The largest absolute Gasteiger partial charge is 0.352 e. The molecular weight excluding hydrogens is 354 g/mol. The Hall–Kier alpha value is -1.72. The lowest BCUT2D eigenvalue weighted by molar-refractivity contribution is -0.120. The number of thiazole rings is 1. The maximum absolute atomic E-state index is 12.2. The van der Waals surface area contributed by atoms with Crippen molar-refractivity contribution in [3.63, 3.8) is 0 Å². The molecule has 1 amide bonds. The Labute approximate surface area is 167 Å². The second kappa shape index (κ2) is 9.47. The number of carbonyl (C=O) groups is 1. The average molecular weight is 386 g/mol. The van der Waals surface area contributed by atoms with Gasteiger partial charge in [0.2, 0.25) is 5.91 Å². The maximum atomic E-state index is 12.2. The van der Waals surface area contributed by atoms with Crippen molar-refractivity contribution in [2.45, 2.75) is 71.5 Å². The average Bonchev–Trinajstić information content (AvgIpc) is 3.12. The molecule has 1 unspecified atom stereocenters. The SMILES string of the molecule is CC(C)c1nc(CC(=O)NCc2ccc(CN3CCCCC3C)cc2)cs1. The number of hydrogen-bond donors (Lipinski definition) is 1. The Balaban J connectivity index is 1.45. The summed E-state index contributed by atoms with van der Waals surface area (Å²) < 4.78 is 0. The van der Waals surface area contributed by atoms with Crippen LogP contribution in [0.15, 0.2) is 29.6 Å². The van der Waals surface area contributed by atoms with E-state index in [1.807, 2.05) is 5.38 Å². The van der Waals surface area contributed by atoms with Gasteiger partial charge >= 0.3 is 0 Å². The predicted octanol–water partition coefficient (Wildman–Crippen LogP) is 4.50. The molecule has 0 bridgehead atoms. The standard InChI is InChI=1S/C22H31N3OS/c1-16(2)22-24-20(15-27-22)12-21(26)23-13-18-7-9-19(10-8-18)14-25-11-5-4-6-17(25)3/h7-10,15-17H,4-6,11-14H2,1-3H3,(H,23,26). The van der Waals surface area contributed by atoms with Gasteiger partial charge in [-0.25, -0.2) is 4.98 Å². The van der Waals surface area contributed by atoms with Crippen molar-refractivity contribution in [1.82, 2.24) is 15.2 Å². The molecule has 1 fully saturated rings. The van der Waals surface area contributed by atoms with Gasteiger partial charge in [0, 0.05) is 30.4 Å². The van der Waals surface area contributed by atoms with Crippen LogP contribution in [0.4, 0.5) is 0 Å². The quantitative estimate of drug-likeness (QED) is 0.763. The Morgan fingerprint density at radius 2 is 2.00 bits per heavy atom. The molecule has 2 aromatic rings. The molecule has 0 radical (unpaired) electrons. The summed E-state index contributed by atoms with van der Waals surface area (Å²) in [4.78, 5) is 19.3. The van der Waals surface area contributed by atoms with Crippen LogP contribution in [0.25, 0.3) is 0 Å². The molecular formula is C22H31N3OS. The number of piperidine rings is 1. The number of carbonyl (C=O) groups excluding carboxylic acids is 1. The van der Waals surface area contributed by atoms with Crippen LogP contribution in [-0.4, -0.2) is 28.4 Å². The van der Waals surface area contributed by atoms with Crippen LogP contribution in [0.2, 0.25) is 0 Å². The minimum Gasteiger partial charge on any atom is -0.352 e. The van der Waals surface area contributed by atoms with Crippen LogP contribution in [0.5, 0.6) is 0 Å². The van der Waals surface area contributed by atoms with Crippen molar-refractivity contribution in [2.24, 2.45) is 0 Å². The third-order valence-electron chi connectivity index (χ3n) is 5.24. The zero-order valence-electron chi connectivity index (χ0n) is 16.7. The number of rotatable bonds is 7. The van der Waals surface area contributed by atoms with Crippen molar-refractivity contribution in [3.8, 4) is 0 Å². The third kappa shape index (κ3) is 5.88. The molecule has 146 valence electrons. The van der Waals surface area contributed by atoms with Gasteiger partial charge in [0.05, 0.1) is 17.1 Å². The molecule has 1 aliphatic heterocycles. The van der Waals surface area contributed by atoms with Crippen molar-refractivity contribution in [1.29, 1.82) is 0 Å². The zero-order valence-corrected chi connectivity index (χ0v) is 17.5. The van der Waals surface area contributed by atoms with Gasteiger partial charge in [-0.2, -0.15) is 0 Å². The van der Waals surface area contributed by atoms with Gasteiger partial charge in [0.25, 0.3) is 0 Å². The molecule has 1 aliphatic rings. The monoisotopic (exact) mass is 385 g/mol. The Kier molecular flexibility index (Phi) is 7.02. The molecule has 1 N–H and O–H groups in total. The number of likely N-dealkylation sites (tertiary alicyclic amines) is 1. The Bertz CT molecular complexity index is 738. The van der Waals surface area contributed by atoms with Gasteiger partial charge < -0.3 is 5.32 Å². The van der Waals surface area contributed by atoms with E-state index in [1.54, 1.807) is 11.3 Å². The van der Waals surface area contributed by atoms with Crippen molar-refractivity contribution in [2.75, 3.05) is 6.54 Å². The summed E-state index contributed by atoms with van der Waals surface area (Å²) in [5.74, 6) is 0.445. The van der Waals surface area contributed by atoms with Crippen molar-refractivity contribution in [3.05, 3.63) is 51.5 Å². The van der Waals surface area contributed by atoms with E-state index in [0.717, 1.165) is 22.8 Å². The summed E-state index contributed by atoms with van der Waals surface area (Å²) in [5.41, 5.74) is 3.36. The Morgan fingerprint density at radius 1 is 1.26 bits per heavy atom. The molecule has 2 heterocycles. The number of benzene rings is 1. The summed E-state index contributed by atoms with van der Waals surface area (Å²) in [6.45, 7) is 9.37. The zero-order chi connectivity index (χ0) is 19.2. The molecule has 0 saturated carbocycles. The first-order chi connectivity index (χ1) is 13.0. The van der Waals surface area contributed by atoms with Gasteiger partial charge in [-0.1, -0.05) is 44.5 Å². The highest BCUT2D eigenvalue weighted by Gasteiger charge is 2.18. The summed E-state index contributed by atoms with van der Waals surface area (Å²) in [6, 6.07) is 9.32. The molecule has 27 heavy (non-hydrogen) atoms. The van der Waals surface area contributed by atoms with Gasteiger partial charge in [-0.3, -0.25) is 9.69 Å². The molecule has 1 saturated heterocycles. The van der Waals surface area contributed by atoms with Crippen molar-refractivity contribution >= 4 is 17.2 Å². The molecule has 4 nitrogen and oxygen atoms in total. The predicted molar refractivity (Wildman–Crippen MR) is 112 cm³/mol. The summed E-state index contributed by atoms with van der Waals surface area (Å²) >= 11 is 1.63. The van der Waals surface area contributed by atoms with Crippen LogP contribution >= 0.6 is 11.3 Å². The van der Waals surface area contributed by atoms with Crippen molar-refractivity contribution < 1.29 is 4.79 Å². The number of aromatic nitrogens is 1. The topological polar surface area (TPSA) is 45.2 Å². The lowest BCUT2D eigenvalue weighted by Crippen LogP contribution is -2.36. The lowest BCUT2D eigenvalue weighted by atomic mass is 10.0. The van der Waals surface area contributed by atoms with Crippen LogP contribution in [0, 0.1) is 0 Å². The second-order valence-corrected chi connectivity index (χ2v) is 8.81. The van der Waals surface area contributed by atoms with Gasteiger partial charge in [-0.15, -0.1) is 11.3 Å². The van der Waals surface area contributed by atoms with Gasteiger partial charge in [-0.05, 0) is 37.4 Å². The summed E-state index contributed by atoms with van der Waals surface area (Å²) in [6.07, 6.45) is 4.33. The maximum Gasteiger partial charge on any atom is 0.226 e. The van der Waals surface area contributed by atoms with E-state index in [1.165, 1.54) is 31.4 Å². The number of nitrogens with one attached hydrogen (secondary N) is 1. The van der Waals surface area contributed by atoms with E-state index < -0.39 is 0 Å². The van der Waals surface area contributed by atoms with Crippen LogP contribution < -0.4 is 5.32 Å². The van der Waals surface area contributed by atoms with Gasteiger partial charge in [0.1, 0.15) is 0 Å².